The topological polar surface area (TPSA) is 84.2 Å². The van der Waals surface area contributed by atoms with E-state index in [1.54, 1.807) is 32.2 Å². The molecule has 0 aliphatic heterocycles. The van der Waals surface area contributed by atoms with Crippen molar-refractivity contribution in [1.29, 1.82) is 0 Å². The average Bonchev–Trinajstić information content (AvgIpc) is 2.82. The van der Waals surface area contributed by atoms with Gasteiger partial charge in [-0.25, -0.2) is 0 Å². The zero-order chi connectivity index (χ0) is 14.5. The molecule has 0 atom stereocenters. The standard InChI is InChI=1S/C14H13N3O3/c1-8-7-11(17(2)16-8)15-14(20)12(18)9-5-3-4-6-10(9)13(14)19/h3-7,15,20H,1-2H3. The Labute approximate surface area is 115 Å². The van der Waals surface area contributed by atoms with Crippen molar-refractivity contribution < 1.29 is 14.7 Å². The van der Waals surface area contributed by atoms with Gasteiger partial charge in [-0.3, -0.25) is 14.3 Å². The van der Waals surface area contributed by atoms with E-state index in [1.807, 2.05) is 0 Å². The maximum absolute atomic E-state index is 12.3. The summed E-state index contributed by atoms with van der Waals surface area (Å²) in [7, 11) is 1.66. The molecule has 0 amide bonds. The number of hydrogen-bond acceptors (Lipinski definition) is 5. The van der Waals surface area contributed by atoms with Crippen molar-refractivity contribution in [2.24, 2.45) is 7.05 Å². The van der Waals surface area contributed by atoms with E-state index in [4.69, 9.17) is 0 Å². The maximum atomic E-state index is 12.3. The van der Waals surface area contributed by atoms with Gasteiger partial charge in [0.1, 0.15) is 5.82 Å². The summed E-state index contributed by atoms with van der Waals surface area (Å²) in [6, 6.07) is 8.03. The average molecular weight is 271 g/mol. The zero-order valence-corrected chi connectivity index (χ0v) is 11.0. The number of benzene rings is 1. The first kappa shape index (κ1) is 12.6. The summed E-state index contributed by atoms with van der Waals surface area (Å²) in [5.41, 5.74) is -1.09. The van der Waals surface area contributed by atoms with Crippen molar-refractivity contribution in [2.45, 2.75) is 12.6 Å². The number of carbonyl (C=O) groups excluding carboxylic acids is 2. The van der Waals surface area contributed by atoms with Crippen molar-refractivity contribution in [2.75, 3.05) is 5.32 Å². The molecule has 2 N–H and O–H groups in total. The lowest BCUT2D eigenvalue weighted by molar-refractivity contribution is 0.0424. The Morgan fingerprint density at radius 2 is 1.75 bits per heavy atom. The number of fused-ring (bicyclic) bond motifs is 1. The maximum Gasteiger partial charge on any atom is 0.267 e. The zero-order valence-electron chi connectivity index (χ0n) is 11.0. The van der Waals surface area contributed by atoms with Gasteiger partial charge in [0, 0.05) is 24.2 Å². The van der Waals surface area contributed by atoms with Gasteiger partial charge in [-0.2, -0.15) is 5.10 Å². The van der Waals surface area contributed by atoms with E-state index < -0.39 is 17.3 Å². The molecule has 2 aromatic rings. The fourth-order valence-electron chi connectivity index (χ4n) is 2.40. The predicted octanol–water partition coefficient (Wildman–Crippen LogP) is 0.908. The van der Waals surface area contributed by atoms with Gasteiger partial charge < -0.3 is 10.4 Å². The first-order valence-electron chi connectivity index (χ1n) is 6.13. The highest BCUT2D eigenvalue weighted by molar-refractivity contribution is 6.32. The van der Waals surface area contributed by atoms with Gasteiger partial charge in [-0.05, 0) is 6.92 Å². The van der Waals surface area contributed by atoms with Gasteiger partial charge >= 0.3 is 0 Å². The number of ketones is 2. The lowest BCUT2D eigenvalue weighted by Gasteiger charge is -2.21. The molecule has 0 spiro atoms. The van der Waals surface area contributed by atoms with E-state index in [9.17, 15) is 14.7 Å². The van der Waals surface area contributed by atoms with Crippen LogP contribution < -0.4 is 5.32 Å². The molecule has 1 aromatic carbocycles. The van der Waals surface area contributed by atoms with Crippen LogP contribution in [0.25, 0.3) is 0 Å². The highest BCUT2D eigenvalue weighted by Crippen LogP contribution is 2.31. The number of aliphatic hydroxyl groups is 1. The van der Waals surface area contributed by atoms with E-state index in [1.165, 1.54) is 16.8 Å². The summed E-state index contributed by atoms with van der Waals surface area (Å²) in [6.45, 7) is 1.78. The van der Waals surface area contributed by atoms with Gasteiger partial charge in [-0.15, -0.1) is 0 Å². The highest BCUT2D eigenvalue weighted by Gasteiger charge is 2.52. The van der Waals surface area contributed by atoms with Crippen LogP contribution in [0.15, 0.2) is 30.3 Å². The Hall–Kier alpha value is -2.47. The first-order valence-corrected chi connectivity index (χ1v) is 6.13. The molecule has 6 heteroatoms. The van der Waals surface area contributed by atoms with Crippen LogP contribution in [0.5, 0.6) is 0 Å². The third-order valence-corrected chi connectivity index (χ3v) is 3.38. The third-order valence-electron chi connectivity index (χ3n) is 3.38. The summed E-state index contributed by atoms with van der Waals surface area (Å²) < 4.78 is 1.47. The van der Waals surface area contributed by atoms with Crippen molar-refractivity contribution in [3.05, 3.63) is 47.2 Å². The molecule has 0 bridgehead atoms. The number of aryl methyl sites for hydroxylation is 2. The quantitative estimate of drug-likeness (QED) is 0.626. The third kappa shape index (κ3) is 1.58. The van der Waals surface area contributed by atoms with E-state index in [0.717, 1.165) is 0 Å². The lowest BCUT2D eigenvalue weighted by Crippen LogP contribution is -2.49. The molecule has 1 aromatic heterocycles. The second-order valence-electron chi connectivity index (χ2n) is 4.83. The molecular weight excluding hydrogens is 258 g/mol. The van der Waals surface area contributed by atoms with Crippen LogP contribution in [-0.4, -0.2) is 32.2 Å². The number of Topliss-reactive ketones (excluding diaryl/α,β-unsaturated/α-hetero) is 2. The molecule has 102 valence electrons. The minimum absolute atomic E-state index is 0.228. The lowest BCUT2D eigenvalue weighted by atomic mass is 10.1. The molecule has 1 heterocycles. The van der Waals surface area contributed by atoms with Crippen LogP contribution >= 0.6 is 0 Å². The number of nitrogens with zero attached hydrogens (tertiary/aromatic N) is 2. The SMILES string of the molecule is Cc1cc(NC2(O)C(=O)c3ccccc3C2=O)n(C)n1. The number of anilines is 1. The second-order valence-corrected chi connectivity index (χ2v) is 4.83. The van der Waals surface area contributed by atoms with Crippen LogP contribution in [0, 0.1) is 6.92 Å². The largest absolute Gasteiger partial charge is 0.358 e. The van der Waals surface area contributed by atoms with E-state index in [2.05, 4.69) is 10.4 Å². The molecule has 0 radical (unpaired) electrons. The molecule has 0 unspecified atom stereocenters. The molecule has 0 saturated carbocycles. The van der Waals surface area contributed by atoms with Gasteiger partial charge in [0.15, 0.2) is 0 Å². The second kappa shape index (κ2) is 4.01. The van der Waals surface area contributed by atoms with Crippen LogP contribution in [0.1, 0.15) is 26.4 Å². The molecule has 1 aliphatic carbocycles. The Morgan fingerprint density at radius 1 is 1.20 bits per heavy atom. The van der Waals surface area contributed by atoms with E-state index in [0.29, 0.717) is 11.5 Å². The minimum Gasteiger partial charge on any atom is -0.358 e. The molecular formula is C14H13N3O3. The summed E-state index contributed by atoms with van der Waals surface area (Å²) in [5.74, 6) is -0.881. The fraction of sp³-hybridized carbons (Fsp3) is 0.214. The predicted molar refractivity (Wildman–Crippen MR) is 71.6 cm³/mol. The summed E-state index contributed by atoms with van der Waals surface area (Å²) in [5, 5.41) is 17.2. The Balaban J connectivity index is 2.04. The number of rotatable bonds is 2. The molecule has 6 nitrogen and oxygen atoms in total. The van der Waals surface area contributed by atoms with Crippen LogP contribution in [0.2, 0.25) is 0 Å². The molecule has 0 fully saturated rings. The molecule has 3 rings (SSSR count). The van der Waals surface area contributed by atoms with E-state index in [-0.39, 0.29) is 11.1 Å². The number of hydrogen-bond donors (Lipinski definition) is 2. The smallest absolute Gasteiger partial charge is 0.267 e. The fourth-order valence-corrected chi connectivity index (χ4v) is 2.40. The molecule has 20 heavy (non-hydrogen) atoms. The summed E-state index contributed by atoms with van der Waals surface area (Å²) in [6.07, 6.45) is 0. The molecule has 1 aliphatic rings. The van der Waals surface area contributed by atoms with Crippen molar-refractivity contribution in [1.82, 2.24) is 9.78 Å². The Morgan fingerprint density at radius 3 is 2.20 bits per heavy atom. The number of nitrogens with one attached hydrogen (secondary N) is 1. The van der Waals surface area contributed by atoms with Crippen molar-refractivity contribution >= 4 is 17.4 Å². The summed E-state index contributed by atoms with van der Waals surface area (Å²) in [4.78, 5) is 24.6. The van der Waals surface area contributed by atoms with Gasteiger partial charge in [0.2, 0.25) is 11.6 Å². The summed E-state index contributed by atoms with van der Waals surface area (Å²) >= 11 is 0. The van der Waals surface area contributed by atoms with Crippen molar-refractivity contribution in [3.8, 4) is 0 Å². The number of carbonyl (C=O) groups is 2. The van der Waals surface area contributed by atoms with Crippen LogP contribution in [0.4, 0.5) is 5.82 Å². The highest BCUT2D eigenvalue weighted by atomic mass is 16.3. The monoisotopic (exact) mass is 271 g/mol. The molecule has 0 saturated heterocycles. The van der Waals surface area contributed by atoms with Gasteiger partial charge in [-0.1, -0.05) is 24.3 Å². The minimum atomic E-state index is -2.26. The normalized spacial score (nSPS) is 16.4. The van der Waals surface area contributed by atoms with Crippen molar-refractivity contribution in [3.63, 3.8) is 0 Å². The van der Waals surface area contributed by atoms with Gasteiger partial charge in [0.25, 0.3) is 5.72 Å². The first-order chi connectivity index (χ1) is 9.43. The number of aromatic nitrogens is 2. The van der Waals surface area contributed by atoms with Gasteiger partial charge in [0.05, 0.1) is 5.69 Å². The van der Waals surface area contributed by atoms with Crippen LogP contribution in [0.3, 0.4) is 0 Å². The van der Waals surface area contributed by atoms with Crippen LogP contribution in [-0.2, 0) is 7.05 Å². The van der Waals surface area contributed by atoms with E-state index >= 15 is 0 Å². The Kier molecular flexibility index (Phi) is 2.52. The Bertz CT molecular complexity index is 698.